The minimum atomic E-state index is 0.999. The Morgan fingerprint density at radius 3 is 2.77 bits per heavy atom. The second kappa shape index (κ2) is 4.70. The van der Waals surface area contributed by atoms with Crippen molar-refractivity contribution in [3.05, 3.63) is 48.2 Å². The first-order valence-electron chi connectivity index (χ1n) is 4.59. The van der Waals surface area contributed by atoms with Gasteiger partial charge in [-0.3, -0.25) is 0 Å². The van der Waals surface area contributed by atoms with Gasteiger partial charge in [0.05, 0.1) is 0 Å². The fraction of sp³-hybridized carbons (Fsp3) is 0.333. The maximum atomic E-state index is 3.76. The van der Waals surface area contributed by atoms with Crippen LogP contribution in [0.1, 0.15) is 12.8 Å². The molecule has 1 rings (SSSR count). The molecule has 1 nitrogen and oxygen atoms in total. The average molecular weight is 175 g/mol. The third-order valence-corrected chi connectivity index (χ3v) is 2.15. The van der Waals surface area contributed by atoms with Crippen LogP contribution in [0, 0.1) is 0 Å². The normalized spacial score (nSPS) is 20.8. The van der Waals surface area contributed by atoms with E-state index < -0.39 is 0 Å². The highest BCUT2D eigenvalue weighted by molar-refractivity contribution is 5.31. The minimum absolute atomic E-state index is 0.999. The van der Waals surface area contributed by atoms with Gasteiger partial charge in [-0.05, 0) is 12.0 Å². The van der Waals surface area contributed by atoms with Crippen molar-refractivity contribution in [3.63, 3.8) is 0 Å². The molecule has 0 N–H and O–H groups in total. The van der Waals surface area contributed by atoms with E-state index in [0.29, 0.717) is 0 Å². The SMILES string of the molecule is C=CC1=CC/C=C(/N(C)C)CC=C1. The van der Waals surface area contributed by atoms with E-state index >= 15 is 0 Å². The fourth-order valence-electron chi connectivity index (χ4n) is 1.31. The van der Waals surface area contributed by atoms with Crippen molar-refractivity contribution in [2.24, 2.45) is 0 Å². The first-order chi connectivity index (χ1) is 6.24. The molecule has 0 aromatic heterocycles. The number of hydrogen-bond donors (Lipinski definition) is 0. The van der Waals surface area contributed by atoms with Gasteiger partial charge in [0.25, 0.3) is 0 Å². The Hall–Kier alpha value is -1.24. The van der Waals surface area contributed by atoms with Crippen molar-refractivity contribution in [3.8, 4) is 0 Å². The second-order valence-corrected chi connectivity index (χ2v) is 3.34. The van der Waals surface area contributed by atoms with E-state index in [1.165, 1.54) is 11.3 Å². The molecule has 0 fully saturated rings. The van der Waals surface area contributed by atoms with Crippen LogP contribution < -0.4 is 0 Å². The maximum Gasteiger partial charge on any atom is 0.0128 e. The Labute approximate surface area is 80.7 Å². The summed E-state index contributed by atoms with van der Waals surface area (Å²) < 4.78 is 0. The van der Waals surface area contributed by atoms with E-state index in [9.17, 15) is 0 Å². The quantitative estimate of drug-likeness (QED) is 0.623. The topological polar surface area (TPSA) is 3.24 Å². The van der Waals surface area contributed by atoms with Gasteiger partial charge in [-0.1, -0.05) is 37.0 Å². The van der Waals surface area contributed by atoms with Crippen LogP contribution in [0.2, 0.25) is 0 Å². The highest BCUT2D eigenvalue weighted by atomic mass is 15.1. The Morgan fingerprint density at radius 1 is 1.38 bits per heavy atom. The molecule has 1 aliphatic rings. The number of allylic oxidation sites excluding steroid dienone is 6. The van der Waals surface area contributed by atoms with Crippen LogP contribution in [-0.4, -0.2) is 19.0 Å². The van der Waals surface area contributed by atoms with Crippen LogP contribution in [0.4, 0.5) is 0 Å². The Morgan fingerprint density at radius 2 is 2.15 bits per heavy atom. The average Bonchev–Trinajstić information content (AvgIpc) is 2.03. The smallest absolute Gasteiger partial charge is 0.0128 e. The zero-order valence-electron chi connectivity index (χ0n) is 8.46. The molecule has 0 aromatic rings. The molecule has 70 valence electrons. The van der Waals surface area contributed by atoms with Crippen molar-refractivity contribution in [2.45, 2.75) is 12.8 Å². The third kappa shape index (κ3) is 2.94. The molecule has 0 aliphatic heterocycles. The van der Waals surface area contributed by atoms with Crippen molar-refractivity contribution in [2.75, 3.05) is 14.1 Å². The molecule has 0 aromatic carbocycles. The molecule has 0 atom stereocenters. The summed E-state index contributed by atoms with van der Waals surface area (Å²) in [4.78, 5) is 2.16. The Kier molecular flexibility index (Phi) is 3.56. The van der Waals surface area contributed by atoms with Gasteiger partial charge >= 0.3 is 0 Å². The summed E-state index contributed by atoms with van der Waals surface area (Å²) in [5.74, 6) is 0. The van der Waals surface area contributed by atoms with Gasteiger partial charge in [-0.2, -0.15) is 0 Å². The van der Waals surface area contributed by atoms with Crippen LogP contribution in [0.15, 0.2) is 48.2 Å². The standard InChI is InChI=1S/C12H17N/c1-4-11-7-5-9-12(13(2)3)10-6-8-11/h4-5,7-8,10H,1,6,9H2,2-3H3/b7-5?,11-8?,12-10+. The van der Waals surface area contributed by atoms with Crippen molar-refractivity contribution < 1.29 is 0 Å². The van der Waals surface area contributed by atoms with E-state index in [1.54, 1.807) is 0 Å². The molecular weight excluding hydrogens is 158 g/mol. The maximum absolute atomic E-state index is 3.76. The highest BCUT2D eigenvalue weighted by Crippen LogP contribution is 2.13. The molecule has 0 saturated heterocycles. The van der Waals surface area contributed by atoms with Crippen molar-refractivity contribution in [1.82, 2.24) is 4.90 Å². The summed E-state index contributed by atoms with van der Waals surface area (Å²) in [5, 5.41) is 0. The van der Waals surface area contributed by atoms with Crippen LogP contribution in [0.5, 0.6) is 0 Å². The lowest BCUT2D eigenvalue weighted by Crippen LogP contribution is -2.10. The van der Waals surface area contributed by atoms with Crippen molar-refractivity contribution in [1.29, 1.82) is 0 Å². The molecule has 1 aliphatic carbocycles. The Bertz CT molecular complexity index is 267. The lowest BCUT2D eigenvalue weighted by molar-refractivity contribution is 0.499. The highest BCUT2D eigenvalue weighted by Gasteiger charge is 1.98. The summed E-state index contributed by atoms with van der Waals surface area (Å²) in [6, 6.07) is 0. The van der Waals surface area contributed by atoms with Gasteiger partial charge in [-0.25, -0.2) is 0 Å². The zero-order valence-corrected chi connectivity index (χ0v) is 8.46. The first kappa shape index (κ1) is 9.85. The lowest BCUT2D eigenvalue weighted by atomic mass is 10.1. The summed E-state index contributed by atoms with van der Waals surface area (Å²) in [6.45, 7) is 3.76. The lowest BCUT2D eigenvalue weighted by Gasteiger charge is -2.16. The van der Waals surface area contributed by atoms with Gasteiger partial charge in [-0.15, -0.1) is 0 Å². The Balaban J connectivity index is 2.75. The van der Waals surface area contributed by atoms with Gasteiger partial charge in [0.15, 0.2) is 0 Å². The molecule has 0 radical (unpaired) electrons. The number of nitrogens with zero attached hydrogens (tertiary/aromatic N) is 1. The minimum Gasteiger partial charge on any atom is -0.381 e. The van der Waals surface area contributed by atoms with Crippen molar-refractivity contribution >= 4 is 0 Å². The monoisotopic (exact) mass is 175 g/mol. The van der Waals surface area contributed by atoms with E-state index in [0.717, 1.165) is 12.8 Å². The number of hydrogen-bond acceptors (Lipinski definition) is 1. The third-order valence-electron chi connectivity index (χ3n) is 2.15. The van der Waals surface area contributed by atoms with E-state index in [4.69, 9.17) is 0 Å². The van der Waals surface area contributed by atoms with E-state index in [1.807, 2.05) is 6.08 Å². The number of rotatable bonds is 2. The molecule has 1 heteroatoms. The van der Waals surface area contributed by atoms with Crippen LogP contribution in [0.25, 0.3) is 0 Å². The largest absolute Gasteiger partial charge is 0.381 e. The van der Waals surface area contributed by atoms with Gasteiger partial charge in [0.2, 0.25) is 0 Å². The molecule has 0 unspecified atom stereocenters. The summed E-state index contributed by atoms with van der Waals surface area (Å²) >= 11 is 0. The molecular formula is C12H17N. The van der Waals surface area contributed by atoms with E-state index in [-0.39, 0.29) is 0 Å². The zero-order chi connectivity index (χ0) is 9.68. The van der Waals surface area contributed by atoms with Gasteiger partial charge in [0, 0.05) is 26.2 Å². The molecule has 0 heterocycles. The molecule has 0 bridgehead atoms. The predicted octanol–water partition coefficient (Wildman–Crippen LogP) is 2.89. The first-order valence-corrected chi connectivity index (χ1v) is 4.59. The molecule has 13 heavy (non-hydrogen) atoms. The van der Waals surface area contributed by atoms with Gasteiger partial charge in [0.1, 0.15) is 0 Å². The van der Waals surface area contributed by atoms with Crippen LogP contribution >= 0.6 is 0 Å². The summed E-state index contributed by atoms with van der Waals surface area (Å²) in [6.07, 6.45) is 12.7. The van der Waals surface area contributed by atoms with E-state index in [2.05, 4.69) is 49.9 Å². The predicted molar refractivity (Wildman–Crippen MR) is 58.4 cm³/mol. The molecule has 0 saturated carbocycles. The second-order valence-electron chi connectivity index (χ2n) is 3.34. The van der Waals surface area contributed by atoms with Gasteiger partial charge < -0.3 is 4.90 Å². The van der Waals surface area contributed by atoms with Crippen LogP contribution in [-0.2, 0) is 0 Å². The fourth-order valence-corrected chi connectivity index (χ4v) is 1.31. The summed E-state index contributed by atoms with van der Waals surface area (Å²) in [7, 11) is 4.17. The molecule has 0 spiro atoms. The summed E-state index contributed by atoms with van der Waals surface area (Å²) in [5.41, 5.74) is 2.59. The molecule has 0 amide bonds. The van der Waals surface area contributed by atoms with Crippen LogP contribution in [0.3, 0.4) is 0 Å².